The van der Waals surface area contributed by atoms with E-state index in [1.807, 2.05) is 6.07 Å². The minimum Gasteiger partial charge on any atom is -0.381 e. The van der Waals surface area contributed by atoms with E-state index < -0.39 is 5.82 Å². The van der Waals surface area contributed by atoms with Gasteiger partial charge in [0.05, 0.1) is 27.2 Å². The van der Waals surface area contributed by atoms with Crippen molar-refractivity contribution in [1.29, 1.82) is 0 Å². The number of H-pyrrole nitrogens is 1. The molecule has 6 heterocycles. The van der Waals surface area contributed by atoms with Crippen LogP contribution in [0.5, 0.6) is 0 Å². The number of anilines is 3. The predicted octanol–water partition coefficient (Wildman–Crippen LogP) is 7.70. The van der Waals surface area contributed by atoms with Gasteiger partial charge in [-0.05, 0) is 104 Å². The van der Waals surface area contributed by atoms with E-state index in [4.69, 9.17) is 4.74 Å². The molecule has 3 aliphatic heterocycles. The van der Waals surface area contributed by atoms with Gasteiger partial charge in [0.2, 0.25) is 0 Å². The van der Waals surface area contributed by atoms with Gasteiger partial charge in [-0.2, -0.15) is 0 Å². The fraction of sp³-hybridized carbons (Fsp3) is 0.231. The van der Waals surface area contributed by atoms with Crippen molar-refractivity contribution in [1.82, 2.24) is 15.0 Å². The van der Waals surface area contributed by atoms with Crippen molar-refractivity contribution >= 4 is 51.4 Å². The lowest BCUT2D eigenvalue weighted by atomic mass is 9.73. The first-order chi connectivity index (χ1) is 24.8. The quantitative estimate of drug-likeness (QED) is 0.191. The molecule has 2 amide bonds. The van der Waals surface area contributed by atoms with Crippen LogP contribution in [0.3, 0.4) is 0 Å². The Balaban J connectivity index is 0.934. The maximum atomic E-state index is 14.7. The zero-order chi connectivity index (χ0) is 34.7. The molecule has 9 rings (SSSR count). The van der Waals surface area contributed by atoms with Crippen LogP contribution in [-0.2, 0) is 11.2 Å². The summed E-state index contributed by atoms with van der Waals surface area (Å²) in [6, 6.07) is 21.3. The molecule has 0 saturated carbocycles. The molecule has 0 atom stereocenters. The van der Waals surface area contributed by atoms with Crippen molar-refractivity contribution in [2.75, 3.05) is 48.0 Å². The van der Waals surface area contributed by atoms with Crippen molar-refractivity contribution in [2.45, 2.75) is 19.3 Å². The van der Waals surface area contributed by atoms with E-state index in [1.165, 1.54) is 35.6 Å². The van der Waals surface area contributed by atoms with Gasteiger partial charge in [0.1, 0.15) is 23.3 Å². The van der Waals surface area contributed by atoms with Crippen LogP contribution in [0.25, 0.3) is 32.2 Å². The summed E-state index contributed by atoms with van der Waals surface area (Å²) in [5.41, 5.74) is 5.19. The molecule has 2 fully saturated rings. The van der Waals surface area contributed by atoms with E-state index in [1.54, 1.807) is 59.6 Å². The molecule has 256 valence electrons. The molecule has 2 saturated heterocycles. The van der Waals surface area contributed by atoms with E-state index in [-0.39, 0.29) is 23.0 Å². The highest BCUT2D eigenvalue weighted by molar-refractivity contribution is 7.19. The molecule has 0 bridgehead atoms. The second-order valence-electron chi connectivity index (χ2n) is 13.5. The maximum Gasteiger partial charge on any atom is 0.259 e. The SMILES string of the molecule is O=C(Nc1ccc(C(=O)N2CCc3cc(-c4nc5ccc(F)cc5[nH]4)sc3-c3ccc(F)cc32)cc1)c1cccnc1N1CC2(CCOCC2)C1. The zero-order valence-electron chi connectivity index (χ0n) is 27.4. The second-order valence-corrected chi connectivity index (χ2v) is 14.5. The number of aromatic nitrogens is 3. The summed E-state index contributed by atoms with van der Waals surface area (Å²) in [4.78, 5) is 45.4. The monoisotopic (exact) mass is 702 g/mol. The van der Waals surface area contributed by atoms with Crippen LogP contribution in [0.15, 0.2) is 85.1 Å². The summed E-state index contributed by atoms with van der Waals surface area (Å²) >= 11 is 1.50. The first-order valence-corrected chi connectivity index (χ1v) is 17.7. The smallest absolute Gasteiger partial charge is 0.259 e. The van der Waals surface area contributed by atoms with Crippen LogP contribution in [-0.4, -0.2) is 59.6 Å². The van der Waals surface area contributed by atoms with Crippen molar-refractivity contribution in [2.24, 2.45) is 5.41 Å². The largest absolute Gasteiger partial charge is 0.381 e. The number of pyridine rings is 1. The average molecular weight is 703 g/mol. The number of carbonyl (C=O) groups is 2. The van der Waals surface area contributed by atoms with Crippen molar-refractivity contribution < 1.29 is 23.1 Å². The highest BCUT2D eigenvalue weighted by Gasteiger charge is 2.45. The lowest BCUT2D eigenvalue weighted by molar-refractivity contribution is -0.000509. The van der Waals surface area contributed by atoms with Gasteiger partial charge in [0.15, 0.2) is 0 Å². The Morgan fingerprint density at radius 2 is 1.73 bits per heavy atom. The van der Waals surface area contributed by atoms with E-state index in [0.29, 0.717) is 58.1 Å². The molecule has 51 heavy (non-hydrogen) atoms. The van der Waals surface area contributed by atoms with Crippen molar-refractivity contribution in [3.05, 3.63) is 113 Å². The molecule has 0 radical (unpaired) electrons. The van der Waals surface area contributed by atoms with Gasteiger partial charge in [-0.15, -0.1) is 11.3 Å². The second kappa shape index (κ2) is 12.4. The van der Waals surface area contributed by atoms with E-state index >= 15 is 0 Å². The molecule has 3 aromatic heterocycles. The Kier molecular flexibility index (Phi) is 7.66. The number of ether oxygens (including phenoxy) is 1. The number of nitrogens with one attached hydrogen (secondary N) is 2. The summed E-state index contributed by atoms with van der Waals surface area (Å²) in [5, 5.41) is 2.96. The summed E-state index contributed by atoms with van der Waals surface area (Å²) < 4.78 is 34.1. The average Bonchev–Trinajstić information content (AvgIpc) is 3.72. The van der Waals surface area contributed by atoms with Crippen molar-refractivity contribution in [3.63, 3.8) is 0 Å². The predicted molar refractivity (Wildman–Crippen MR) is 193 cm³/mol. The van der Waals surface area contributed by atoms with Crippen LogP contribution in [0.4, 0.5) is 26.0 Å². The van der Waals surface area contributed by atoms with Gasteiger partial charge >= 0.3 is 0 Å². The topological polar surface area (TPSA) is 103 Å². The third kappa shape index (κ3) is 5.74. The van der Waals surface area contributed by atoms with E-state index in [9.17, 15) is 18.4 Å². The molecule has 6 aromatic rings. The molecule has 0 aliphatic carbocycles. The van der Waals surface area contributed by atoms with Crippen LogP contribution >= 0.6 is 11.3 Å². The molecule has 1 spiro atoms. The zero-order valence-corrected chi connectivity index (χ0v) is 28.2. The minimum atomic E-state index is -0.444. The number of rotatable bonds is 5. The fourth-order valence-corrected chi connectivity index (χ4v) is 8.64. The standard InChI is InChI=1S/C39H32F2N6O3S/c40-25-6-10-30-31(19-25)45-35(44-30)33-18-24-11-15-47(32-20-26(41)5-9-28(32)34(24)51-33)38(49)23-3-7-27(8-4-23)43-37(48)29-2-1-14-42-36(29)46-21-39(22-46)12-16-50-17-13-39/h1-10,14,18-20H,11-13,15-17,21-22H2,(H,43,48)(H,44,45). The first kappa shape index (κ1) is 31.5. The lowest BCUT2D eigenvalue weighted by Crippen LogP contribution is -2.59. The number of halogens is 2. The van der Waals surface area contributed by atoms with Gasteiger partial charge in [-0.25, -0.2) is 18.7 Å². The Bertz CT molecular complexity index is 2320. The number of aromatic amines is 1. The summed E-state index contributed by atoms with van der Waals surface area (Å²) in [6.07, 6.45) is 4.28. The van der Waals surface area contributed by atoms with Gasteiger partial charge in [-0.3, -0.25) is 9.59 Å². The lowest BCUT2D eigenvalue weighted by Gasteiger charge is -2.53. The number of thiophene rings is 1. The first-order valence-electron chi connectivity index (χ1n) is 16.9. The van der Waals surface area contributed by atoms with Crippen LogP contribution in [0.2, 0.25) is 0 Å². The van der Waals surface area contributed by atoms with Gasteiger partial charge < -0.3 is 24.8 Å². The Morgan fingerprint density at radius 3 is 2.55 bits per heavy atom. The van der Waals surface area contributed by atoms with Gasteiger partial charge in [0.25, 0.3) is 11.8 Å². The number of nitrogens with zero attached hydrogens (tertiary/aromatic N) is 4. The normalized spacial score (nSPS) is 16.4. The van der Waals surface area contributed by atoms with Crippen molar-refractivity contribution in [3.8, 4) is 21.1 Å². The molecule has 9 nitrogen and oxygen atoms in total. The summed E-state index contributed by atoms with van der Waals surface area (Å²) in [5.74, 6) is -0.0450. The Labute approximate surface area is 295 Å². The summed E-state index contributed by atoms with van der Waals surface area (Å²) in [7, 11) is 0. The molecule has 3 aliphatic rings. The number of benzene rings is 3. The molecular formula is C39H32F2N6O3S. The molecule has 0 unspecified atom stereocenters. The fourth-order valence-electron chi connectivity index (χ4n) is 7.45. The van der Waals surface area contributed by atoms with Gasteiger partial charge in [-0.1, -0.05) is 0 Å². The molecule has 3 aromatic carbocycles. The summed E-state index contributed by atoms with van der Waals surface area (Å²) in [6.45, 7) is 3.58. The minimum absolute atomic E-state index is 0.235. The molecule has 12 heteroatoms. The number of fused-ring (bicyclic) bond motifs is 4. The third-order valence-electron chi connectivity index (χ3n) is 10.2. The maximum absolute atomic E-state index is 14.7. The van der Waals surface area contributed by atoms with Gasteiger partial charge in [0, 0.05) is 66.2 Å². The number of hydrogen-bond donors (Lipinski definition) is 2. The van der Waals surface area contributed by atoms with Crippen LogP contribution in [0.1, 0.15) is 39.1 Å². The van der Waals surface area contributed by atoms with E-state index in [0.717, 1.165) is 60.0 Å². The number of hydrogen-bond acceptors (Lipinski definition) is 7. The third-order valence-corrected chi connectivity index (χ3v) is 11.4. The van der Waals surface area contributed by atoms with E-state index in [2.05, 4.69) is 25.2 Å². The van der Waals surface area contributed by atoms with Crippen LogP contribution in [0, 0.1) is 17.0 Å². The molecule has 2 N–H and O–H groups in total. The number of imidazole rings is 1. The Hall–Kier alpha value is -5.46. The highest BCUT2D eigenvalue weighted by Crippen LogP contribution is 2.45. The number of amides is 2. The Morgan fingerprint density at radius 1 is 0.941 bits per heavy atom. The number of carbonyl (C=O) groups excluding carboxylic acids is 2. The molecular weight excluding hydrogens is 671 g/mol. The van der Waals surface area contributed by atoms with Crippen LogP contribution < -0.4 is 15.1 Å². The highest BCUT2D eigenvalue weighted by atomic mass is 32.1.